The van der Waals surface area contributed by atoms with Gasteiger partial charge in [0.2, 0.25) is 5.91 Å². The maximum Gasteiger partial charge on any atom is 0.220 e. The Hall–Kier alpha value is -2.40. The highest BCUT2D eigenvalue weighted by molar-refractivity contribution is 7.12. The van der Waals surface area contributed by atoms with Gasteiger partial charge in [0.05, 0.1) is 4.88 Å². The minimum absolute atomic E-state index is 0.0192. The topological polar surface area (TPSA) is 62.0 Å². The number of aromatic amines is 1. The molecular formula is C18H18N2O2S. The normalized spacial score (nSPS) is 10.8. The van der Waals surface area contributed by atoms with Crippen LogP contribution in [0, 0.1) is 0 Å². The van der Waals surface area contributed by atoms with Crippen molar-refractivity contribution in [2.75, 3.05) is 0 Å². The van der Waals surface area contributed by atoms with Crippen molar-refractivity contribution in [1.82, 2.24) is 10.3 Å². The number of benzene rings is 1. The zero-order valence-corrected chi connectivity index (χ0v) is 13.5. The van der Waals surface area contributed by atoms with E-state index in [0.717, 1.165) is 21.3 Å². The van der Waals surface area contributed by atoms with Crippen LogP contribution in [0.5, 0.6) is 0 Å². The molecular weight excluding hydrogens is 308 g/mol. The molecule has 0 unspecified atom stereocenters. The maximum absolute atomic E-state index is 11.9. The first-order valence-electron chi connectivity index (χ1n) is 7.62. The number of carbonyl (C=O) groups is 2. The van der Waals surface area contributed by atoms with E-state index in [1.54, 1.807) is 0 Å². The van der Waals surface area contributed by atoms with E-state index in [1.807, 2.05) is 48.0 Å². The molecule has 2 N–H and O–H groups in total. The van der Waals surface area contributed by atoms with Crippen LogP contribution >= 0.6 is 11.3 Å². The fourth-order valence-electron chi connectivity index (χ4n) is 2.53. The fourth-order valence-corrected chi connectivity index (χ4v) is 3.22. The van der Waals surface area contributed by atoms with Crippen LogP contribution in [0.4, 0.5) is 0 Å². The van der Waals surface area contributed by atoms with Gasteiger partial charge in [-0.2, -0.15) is 0 Å². The molecule has 118 valence electrons. The van der Waals surface area contributed by atoms with Gasteiger partial charge in [-0.05, 0) is 29.5 Å². The lowest BCUT2D eigenvalue weighted by Gasteiger charge is -2.04. The van der Waals surface area contributed by atoms with Crippen molar-refractivity contribution in [3.63, 3.8) is 0 Å². The second kappa shape index (κ2) is 7.24. The summed E-state index contributed by atoms with van der Waals surface area (Å²) in [5.74, 6) is 0.0960. The Morgan fingerprint density at radius 3 is 2.78 bits per heavy atom. The number of ketones is 1. The molecule has 0 spiro atoms. The summed E-state index contributed by atoms with van der Waals surface area (Å²) in [5, 5.41) is 5.93. The number of H-pyrrole nitrogens is 1. The van der Waals surface area contributed by atoms with Crippen LogP contribution in [-0.2, 0) is 11.3 Å². The molecule has 1 aromatic carbocycles. The molecule has 4 nitrogen and oxygen atoms in total. The number of hydrogen-bond acceptors (Lipinski definition) is 3. The Kier molecular flexibility index (Phi) is 4.88. The number of rotatable bonds is 7. The summed E-state index contributed by atoms with van der Waals surface area (Å²) in [6.45, 7) is 0.502. The monoisotopic (exact) mass is 326 g/mol. The molecule has 0 saturated carbocycles. The summed E-state index contributed by atoms with van der Waals surface area (Å²) < 4.78 is 0. The minimum Gasteiger partial charge on any atom is -0.361 e. The molecule has 5 heteroatoms. The number of thiophene rings is 1. The van der Waals surface area contributed by atoms with E-state index in [0.29, 0.717) is 25.8 Å². The predicted octanol–water partition coefficient (Wildman–Crippen LogP) is 3.90. The number of aromatic nitrogens is 1. The molecule has 0 atom stereocenters. The molecule has 0 saturated heterocycles. The maximum atomic E-state index is 11.9. The summed E-state index contributed by atoms with van der Waals surface area (Å²) in [4.78, 5) is 27.7. The smallest absolute Gasteiger partial charge is 0.220 e. The van der Waals surface area contributed by atoms with Gasteiger partial charge < -0.3 is 10.3 Å². The highest BCUT2D eigenvalue weighted by Crippen LogP contribution is 2.17. The highest BCUT2D eigenvalue weighted by Gasteiger charge is 2.09. The molecule has 2 heterocycles. The number of para-hydroxylation sites is 1. The SMILES string of the molecule is O=C(CCCC(=O)c1cccs1)NCc1c[nH]c2ccccc12. The first kappa shape index (κ1) is 15.5. The molecule has 0 bridgehead atoms. The third kappa shape index (κ3) is 3.87. The summed E-state index contributed by atoms with van der Waals surface area (Å²) >= 11 is 1.45. The Bertz CT molecular complexity index is 805. The first-order valence-corrected chi connectivity index (χ1v) is 8.50. The van der Waals surface area contributed by atoms with Crippen LogP contribution in [0.2, 0.25) is 0 Å². The fraction of sp³-hybridized carbons (Fsp3) is 0.222. The zero-order chi connectivity index (χ0) is 16.1. The van der Waals surface area contributed by atoms with Gasteiger partial charge in [-0.3, -0.25) is 9.59 Å². The average molecular weight is 326 g/mol. The van der Waals surface area contributed by atoms with Gasteiger partial charge in [0, 0.05) is 36.5 Å². The van der Waals surface area contributed by atoms with Crippen LogP contribution < -0.4 is 5.32 Å². The largest absolute Gasteiger partial charge is 0.361 e. The van der Waals surface area contributed by atoms with Crippen molar-refractivity contribution >= 4 is 33.9 Å². The molecule has 0 aliphatic heterocycles. The van der Waals surface area contributed by atoms with E-state index in [9.17, 15) is 9.59 Å². The number of Topliss-reactive ketones (excluding diaryl/α,β-unsaturated/α-hetero) is 1. The summed E-state index contributed by atoms with van der Waals surface area (Å²) in [5.41, 5.74) is 2.14. The molecule has 1 amide bonds. The standard InChI is InChI=1S/C18H18N2O2S/c21-16(17-8-4-10-23-17)7-3-9-18(22)20-12-13-11-19-15-6-2-1-5-14(13)15/h1-2,4-6,8,10-11,19H,3,7,9,12H2,(H,20,22). The molecule has 0 aliphatic rings. The van der Waals surface area contributed by atoms with E-state index in [1.165, 1.54) is 11.3 Å². The van der Waals surface area contributed by atoms with Gasteiger partial charge in [0.25, 0.3) is 0 Å². The third-order valence-electron chi connectivity index (χ3n) is 3.75. The lowest BCUT2D eigenvalue weighted by atomic mass is 10.1. The minimum atomic E-state index is -0.0192. The van der Waals surface area contributed by atoms with E-state index in [-0.39, 0.29) is 11.7 Å². The number of nitrogens with one attached hydrogen (secondary N) is 2. The van der Waals surface area contributed by atoms with Gasteiger partial charge in [-0.15, -0.1) is 11.3 Å². The molecule has 2 aromatic heterocycles. The van der Waals surface area contributed by atoms with Gasteiger partial charge in [0.15, 0.2) is 5.78 Å². The van der Waals surface area contributed by atoms with E-state index in [4.69, 9.17) is 0 Å². The Labute approximate surface area is 138 Å². The lowest BCUT2D eigenvalue weighted by Crippen LogP contribution is -2.22. The second-order valence-electron chi connectivity index (χ2n) is 5.39. The lowest BCUT2D eigenvalue weighted by molar-refractivity contribution is -0.121. The van der Waals surface area contributed by atoms with Crippen LogP contribution in [-0.4, -0.2) is 16.7 Å². The van der Waals surface area contributed by atoms with Crippen LogP contribution in [0.1, 0.15) is 34.5 Å². The van der Waals surface area contributed by atoms with Crippen molar-refractivity contribution in [3.8, 4) is 0 Å². The molecule has 3 aromatic rings. The Morgan fingerprint density at radius 1 is 1.09 bits per heavy atom. The summed E-state index contributed by atoms with van der Waals surface area (Å²) in [7, 11) is 0. The third-order valence-corrected chi connectivity index (χ3v) is 4.67. The van der Waals surface area contributed by atoms with Crippen molar-refractivity contribution < 1.29 is 9.59 Å². The van der Waals surface area contributed by atoms with E-state index >= 15 is 0 Å². The number of hydrogen-bond donors (Lipinski definition) is 2. The molecule has 0 fully saturated rings. The highest BCUT2D eigenvalue weighted by atomic mass is 32.1. The predicted molar refractivity (Wildman–Crippen MR) is 92.6 cm³/mol. The molecule has 0 aliphatic carbocycles. The van der Waals surface area contributed by atoms with Crippen molar-refractivity contribution in [1.29, 1.82) is 0 Å². The van der Waals surface area contributed by atoms with E-state index in [2.05, 4.69) is 10.3 Å². The molecule has 0 radical (unpaired) electrons. The van der Waals surface area contributed by atoms with Crippen molar-refractivity contribution in [2.24, 2.45) is 0 Å². The first-order chi connectivity index (χ1) is 11.2. The summed E-state index contributed by atoms with van der Waals surface area (Å²) in [6, 6.07) is 11.7. The van der Waals surface area contributed by atoms with Gasteiger partial charge in [-0.1, -0.05) is 24.3 Å². The van der Waals surface area contributed by atoms with Crippen LogP contribution in [0.3, 0.4) is 0 Å². The van der Waals surface area contributed by atoms with Crippen LogP contribution in [0.25, 0.3) is 10.9 Å². The van der Waals surface area contributed by atoms with Gasteiger partial charge in [-0.25, -0.2) is 0 Å². The molecule has 3 rings (SSSR count). The number of amides is 1. The van der Waals surface area contributed by atoms with Crippen molar-refractivity contribution in [2.45, 2.75) is 25.8 Å². The van der Waals surface area contributed by atoms with Gasteiger partial charge >= 0.3 is 0 Å². The molecule has 23 heavy (non-hydrogen) atoms. The van der Waals surface area contributed by atoms with E-state index < -0.39 is 0 Å². The number of fused-ring (bicyclic) bond motifs is 1. The Morgan fingerprint density at radius 2 is 1.96 bits per heavy atom. The van der Waals surface area contributed by atoms with Crippen LogP contribution in [0.15, 0.2) is 48.0 Å². The Balaban J connectivity index is 1.44. The van der Waals surface area contributed by atoms with Gasteiger partial charge in [0.1, 0.15) is 0 Å². The number of carbonyl (C=O) groups excluding carboxylic acids is 2. The van der Waals surface area contributed by atoms with Crippen molar-refractivity contribution in [3.05, 3.63) is 58.4 Å². The second-order valence-corrected chi connectivity index (χ2v) is 6.34. The quantitative estimate of drug-likeness (QED) is 0.647. The average Bonchev–Trinajstić information content (AvgIpc) is 3.23. The zero-order valence-electron chi connectivity index (χ0n) is 12.7. The summed E-state index contributed by atoms with van der Waals surface area (Å²) in [6.07, 6.45) is 3.29.